The molecule has 286 valence electrons. The van der Waals surface area contributed by atoms with Gasteiger partial charge in [-0.1, -0.05) is 134 Å². The van der Waals surface area contributed by atoms with E-state index in [4.69, 9.17) is 4.74 Å². The third-order valence-electron chi connectivity index (χ3n) is 14.5. The fourth-order valence-electron chi connectivity index (χ4n) is 11.4. The van der Waals surface area contributed by atoms with Crippen LogP contribution in [0.2, 0.25) is 0 Å². The van der Waals surface area contributed by atoms with Gasteiger partial charge in [-0.25, -0.2) is 0 Å². The third-order valence-corrected chi connectivity index (χ3v) is 14.5. The Morgan fingerprint density at radius 2 is 1.45 bits per heavy atom. The molecule has 0 saturated heterocycles. The summed E-state index contributed by atoms with van der Waals surface area (Å²) in [5.74, 6) is 6.02. The van der Waals surface area contributed by atoms with Gasteiger partial charge in [-0.3, -0.25) is 4.79 Å². The van der Waals surface area contributed by atoms with Crippen LogP contribution >= 0.6 is 0 Å². The summed E-state index contributed by atoms with van der Waals surface area (Å²) in [6.07, 6.45) is 46.8. The smallest absolute Gasteiger partial charge is 0.306 e. The lowest BCUT2D eigenvalue weighted by molar-refractivity contribution is -0.151. The van der Waals surface area contributed by atoms with Crippen LogP contribution in [0.4, 0.5) is 0 Å². The predicted octanol–water partition coefficient (Wildman–Crippen LogP) is 14.5. The van der Waals surface area contributed by atoms with E-state index in [0.29, 0.717) is 17.3 Å². The molecule has 0 radical (unpaired) electrons. The summed E-state index contributed by atoms with van der Waals surface area (Å²) in [5.41, 5.74) is 2.46. The Hall–Kier alpha value is -2.09. The third kappa shape index (κ3) is 11.5. The predicted molar refractivity (Wildman–Crippen MR) is 220 cm³/mol. The summed E-state index contributed by atoms with van der Waals surface area (Å²) in [5, 5.41) is 0. The summed E-state index contributed by atoms with van der Waals surface area (Å²) < 4.78 is 6.11. The number of hydrogen-bond acceptors (Lipinski definition) is 2. The minimum absolute atomic E-state index is 0.00319. The molecule has 9 unspecified atom stereocenters. The molecule has 0 aromatic rings. The molecule has 0 aromatic carbocycles. The van der Waals surface area contributed by atoms with Crippen molar-refractivity contribution < 1.29 is 9.53 Å². The number of ether oxygens (including phenoxy) is 1. The van der Waals surface area contributed by atoms with E-state index in [1.54, 1.807) is 5.57 Å². The van der Waals surface area contributed by atoms with Gasteiger partial charge in [0.1, 0.15) is 6.10 Å². The van der Waals surface area contributed by atoms with Gasteiger partial charge in [0.2, 0.25) is 0 Å². The van der Waals surface area contributed by atoms with Gasteiger partial charge in [-0.2, -0.15) is 0 Å². The quantitative estimate of drug-likeness (QED) is 0.0719. The molecular formula is C49H78O2. The Morgan fingerprint density at radius 3 is 2.08 bits per heavy atom. The van der Waals surface area contributed by atoms with Crippen LogP contribution in [-0.4, -0.2) is 12.1 Å². The maximum atomic E-state index is 12.8. The average molecular weight is 699 g/mol. The summed E-state index contributed by atoms with van der Waals surface area (Å²) in [4.78, 5) is 12.8. The lowest BCUT2D eigenvalue weighted by Gasteiger charge is -2.58. The van der Waals surface area contributed by atoms with E-state index in [9.17, 15) is 4.79 Å². The molecule has 0 bridgehead atoms. The minimum Gasteiger partial charge on any atom is -0.462 e. The number of carbonyl (C=O) groups excluding carboxylic acids is 1. The average Bonchev–Trinajstić information content (AvgIpc) is 3.47. The number of rotatable bonds is 20. The van der Waals surface area contributed by atoms with E-state index in [-0.39, 0.29) is 12.1 Å². The molecule has 4 rings (SSSR count). The maximum Gasteiger partial charge on any atom is 0.306 e. The Bertz CT molecular complexity index is 1230. The number of unbranched alkanes of at least 4 members (excludes halogenated alkanes) is 1. The second kappa shape index (κ2) is 21.0. The van der Waals surface area contributed by atoms with E-state index in [0.717, 1.165) is 99.2 Å². The van der Waals surface area contributed by atoms with Crippen molar-refractivity contribution >= 4 is 5.97 Å². The zero-order valence-electron chi connectivity index (χ0n) is 34.2. The highest BCUT2D eigenvalue weighted by molar-refractivity contribution is 5.69. The Kier molecular flexibility index (Phi) is 17.1. The van der Waals surface area contributed by atoms with Gasteiger partial charge in [0.25, 0.3) is 0 Å². The molecule has 4 aliphatic rings. The molecule has 9 atom stereocenters. The number of allylic oxidation sites excluding steroid dienone is 11. The van der Waals surface area contributed by atoms with Crippen LogP contribution in [0.1, 0.15) is 170 Å². The summed E-state index contributed by atoms with van der Waals surface area (Å²) in [6, 6.07) is 0. The molecule has 0 aromatic heterocycles. The van der Waals surface area contributed by atoms with Crippen molar-refractivity contribution in [3.63, 3.8) is 0 Å². The molecule has 0 amide bonds. The molecule has 2 nitrogen and oxygen atoms in total. The molecule has 0 heterocycles. The van der Waals surface area contributed by atoms with Crippen molar-refractivity contribution in [1.82, 2.24) is 0 Å². The number of carbonyl (C=O) groups is 1. The van der Waals surface area contributed by atoms with Crippen LogP contribution in [0.5, 0.6) is 0 Å². The fourth-order valence-corrected chi connectivity index (χ4v) is 11.4. The first-order valence-electron chi connectivity index (χ1n) is 21.8. The lowest BCUT2D eigenvalue weighted by atomic mass is 9.47. The van der Waals surface area contributed by atoms with E-state index in [1.807, 2.05) is 0 Å². The Labute approximate surface area is 315 Å². The zero-order chi connectivity index (χ0) is 36.7. The van der Waals surface area contributed by atoms with E-state index in [2.05, 4.69) is 115 Å². The van der Waals surface area contributed by atoms with Crippen LogP contribution in [0.25, 0.3) is 0 Å². The van der Waals surface area contributed by atoms with Crippen molar-refractivity contribution in [1.29, 1.82) is 0 Å². The number of hydrogen-bond donors (Lipinski definition) is 0. The molecule has 4 aliphatic carbocycles. The lowest BCUT2D eigenvalue weighted by Crippen LogP contribution is -2.51. The van der Waals surface area contributed by atoms with Crippen LogP contribution in [0, 0.1) is 52.3 Å². The highest BCUT2D eigenvalue weighted by atomic mass is 16.5. The topological polar surface area (TPSA) is 26.3 Å². The molecule has 0 aliphatic heterocycles. The first kappa shape index (κ1) is 41.7. The molecule has 2 heteroatoms. The summed E-state index contributed by atoms with van der Waals surface area (Å²) in [7, 11) is 0. The van der Waals surface area contributed by atoms with Crippen LogP contribution in [0.15, 0.2) is 72.4 Å². The van der Waals surface area contributed by atoms with Crippen LogP contribution in [0.3, 0.4) is 0 Å². The molecular weight excluding hydrogens is 621 g/mol. The monoisotopic (exact) mass is 699 g/mol. The zero-order valence-corrected chi connectivity index (χ0v) is 34.2. The van der Waals surface area contributed by atoms with Gasteiger partial charge in [0.05, 0.1) is 0 Å². The van der Waals surface area contributed by atoms with Gasteiger partial charge in [0, 0.05) is 12.8 Å². The van der Waals surface area contributed by atoms with Gasteiger partial charge in [-0.15, -0.1) is 0 Å². The van der Waals surface area contributed by atoms with Gasteiger partial charge < -0.3 is 4.74 Å². The normalized spacial score (nSPS) is 32.2. The molecule has 0 spiro atoms. The summed E-state index contributed by atoms with van der Waals surface area (Å²) >= 11 is 0. The van der Waals surface area contributed by atoms with Crippen molar-refractivity contribution in [2.45, 2.75) is 177 Å². The van der Waals surface area contributed by atoms with E-state index in [1.165, 1.54) is 57.8 Å². The van der Waals surface area contributed by atoms with Crippen LogP contribution < -0.4 is 0 Å². The molecule has 3 fully saturated rings. The van der Waals surface area contributed by atoms with Crippen molar-refractivity contribution in [3.8, 4) is 0 Å². The maximum absolute atomic E-state index is 12.8. The second-order valence-corrected chi connectivity index (χ2v) is 17.9. The molecule has 0 N–H and O–H groups in total. The number of esters is 1. The second-order valence-electron chi connectivity index (χ2n) is 17.9. The van der Waals surface area contributed by atoms with Gasteiger partial charge >= 0.3 is 5.97 Å². The van der Waals surface area contributed by atoms with Crippen LogP contribution in [-0.2, 0) is 9.53 Å². The van der Waals surface area contributed by atoms with E-state index < -0.39 is 0 Å². The van der Waals surface area contributed by atoms with Crippen molar-refractivity contribution in [3.05, 3.63) is 72.4 Å². The minimum atomic E-state index is 0.00319. The van der Waals surface area contributed by atoms with Crippen molar-refractivity contribution in [2.75, 3.05) is 0 Å². The van der Waals surface area contributed by atoms with Gasteiger partial charge in [-0.05, 0) is 149 Å². The number of fused-ring (bicyclic) bond motifs is 5. The SMILES string of the molecule is CC/C=C\C/C=C\C/C=C\C/C=C\C/C=C\CCCC(=O)OC1CCC2(C)C(=CCC3C2CCC2(C)C(C(C)CCC(CC)C(C)C)CCC32)C1. The highest BCUT2D eigenvalue weighted by Crippen LogP contribution is 2.67. The first-order valence-corrected chi connectivity index (χ1v) is 21.8. The summed E-state index contributed by atoms with van der Waals surface area (Å²) in [6.45, 7) is 17.3. The van der Waals surface area contributed by atoms with Crippen molar-refractivity contribution in [2.24, 2.45) is 52.3 Å². The standard InChI is InChI=1S/C49H78O2/c1-8-10-11-12-13-14-15-16-17-18-19-20-21-22-23-24-25-26-47(50)51-42-33-35-48(6)41(37-42)29-30-43-45-32-31-44(49(45,7)36-34-46(43)48)39(5)27-28-40(9-2)38(3)4/h10-11,13-14,16-17,19-20,22-23,29,38-40,42-46H,8-9,12,15,18,21,24-28,30-37H2,1-7H3/b11-10-,14-13-,17-16-,20-19-,23-22-. The largest absolute Gasteiger partial charge is 0.462 e. The Morgan fingerprint density at radius 1 is 0.804 bits per heavy atom. The fraction of sp³-hybridized carbons (Fsp3) is 0.735. The highest BCUT2D eigenvalue weighted by Gasteiger charge is 2.59. The molecule has 3 saturated carbocycles. The van der Waals surface area contributed by atoms with Gasteiger partial charge in [0.15, 0.2) is 0 Å². The Balaban J connectivity index is 1.15. The first-order chi connectivity index (χ1) is 24.6. The van der Waals surface area contributed by atoms with E-state index >= 15 is 0 Å². The molecule has 51 heavy (non-hydrogen) atoms.